The van der Waals surface area contributed by atoms with Gasteiger partial charge in [-0.3, -0.25) is 0 Å². The highest BCUT2D eigenvalue weighted by atomic mass is 35.7. The largest absolute Gasteiger partial charge is 0.246 e. The molecule has 3 aromatic heterocycles. The molecule has 6 nitrogen and oxygen atoms in total. The average molecular weight is 287 g/mol. The monoisotopic (exact) mass is 286 g/mol. The summed E-state index contributed by atoms with van der Waals surface area (Å²) >= 11 is 1.71. The first-order chi connectivity index (χ1) is 8.45. The molecule has 18 heavy (non-hydrogen) atoms. The van der Waals surface area contributed by atoms with Crippen molar-refractivity contribution in [1.82, 2.24) is 5.10 Å². The number of rotatable bonds is 0. The Balaban J connectivity index is 0.000000209. The van der Waals surface area contributed by atoms with Gasteiger partial charge in [0.15, 0.2) is 0 Å². The molecule has 3 rings (SSSR count). The molecule has 0 spiro atoms. The fourth-order valence-corrected chi connectivity index (χ4v) is 2.28. The van der Waals surface area contributed by atoms with Crippen LogP contribution in [0.5, 0.6) is 0 Å². The van der Waals surface area contributed by atoms with Gasteiger partial charge in [0.1, 0.15) is 6.20 Å². The first-order valence-corrected chi connectivity index (χ1v) is 6.86. The van der Waals surface area contributed by atoms with Gasteiger partial charge >= 0.3 is 0 Å². The van der Waals surface area contributed by atoms with E-state index in [-0.39, 0.29) is 0 Å². The molecule has 0 saturated carbocycles. The minimum atomic E-state index is -4.94. The second kappa shape index (κ2) is 5.11. The van der Waals surface area contributed by atoms with Crippen molar-refractivity contribution in [1.29, 1.82) is 0 Å². The van der Waals surface area contributed by atoms with Crippen LogP contribution < -0.4 is 23.2 Å². The lowest BCUT2D eigenvalue weighted by Crippen LogP contribution is -2.68. The fourth-order valence-electron chi connectivity index (χ4n) is 1.49. The van der Waals surface area contributed by atoms with Gasteiger partial charge < -0.3 is 0 Å². The van der Waals surface area contributed by atoms with Crippen molar-refractivity contribution in [3.8, 4) is 0 Å². The summed E-state index contributed by atoms with van der Waals surface area (Å²) in [6, 6.07) is 6.11. The van der Waals surface area contributed by atoms with Gasteiger partial charge in [0.2, 0.25) is 11.7 Å². The lowest BCUT2D eigenvalue weighted by atomic mass is 10.2. The summed E-state index contributed by atoms with van der Waals surface area (Å²) < 4.78 is 35.9. The normalized spacial score (nSPS) is 11.3. The van der Waals surface area contributed by atoms with Gasteiger partial charge in [-0.1, -0.05) is 4.52 Å². The highest BCUT2D eigenvalue weighted by Crippen LogP contribution is 2.19. The Morgan fingerprint density at radius 1 is 1.11 bits per heavy atom. The molecule has 0 bridgehead atoms. The van der Waals surface area contributed by atoms with E-state index in [2.05, 4.69) is 21.9 Å². The third-order valence-corrected chi connectivity index (χ3v) is 2.89. The topological polar surface area (TPSA) is 109 Å². The minimum Gasteiger partial charge on any atom is -0.222 e. The Morgan fingerprint density at radius 2 is 1.83 bits per heavy atom. The minimum absolute atomic E-state index is 1.17. The van der Waals surface area contributed by atoms with E-state index in [0.29, 0.717) is 0 Å². The Labute approximate surface area is 108 Å². The van der Waals surface area contributed by atoms with Gasteiger partial charge in [-0.05, 0) is 11.2 Å². The molecule has 94 valence electrons. The van der Waals surface area contributed by atoms with Crippen LogP contribution in [0.4, 0.5) is 0 Å². The quantitative estimate of drug-likeness (QED) is 0.417. The van der Waals surface area contributed by atoms with Crippen molar-refractivity contribution in [2.75, 3.05) is 0 Å². The third-order valence-electron chi connectivity index (χ3n) is 2.13. The van der Waals surface area contributed by atoms with E-state index < -0.39 is 10.2 Å². The van der Waals surface area contributed by atoms with Crippen molar-refractivity contribution in [3.05, 3.63) is 41.4 Å². The molecule has 0 saturated heterocycles. The maximum Gasteiger partial charge on any atom is 0.246 e. The van der Waals surface area contributed by atoms with Gasteiger partial charge in [-0.15, -0.1) is 10.2 Å². The zero-order chi connectivity index (χ0) is 13.2. The van der Waals surface area contributed by atoms with Crippen molar-refractivity contribution in [2.24, 2.45) is 0 Å². The zero-order valence-electron chi connectivity index (χ0n) is 8.86. The molecule has 0 atom stereocenters. The predicted molar refractivity (Wildman–Crippen MR) is 52.8 cm³/mol. The molecule has 0 unspecified atom stereocenters. The maximum atomic E-state index is 8.49. The zero-order valence-corrected chi connectivity index (χ0v) is 10.4. The lowest BCUT2D eigenvalue weighted by molar-refractivity contribution is -2.00. The summed E-state index contributed by atoms with van der Waals surface area (Å²) in [7, 11) is -4.94. The number of hydrogen-bond acceptors (Lipinski definition) is 6. The van der Waals surface area contributed by atoms with Crippen LogP contribution in [0.15, 0.2) is 41.4 Å². The van der Waals surface area contributed by atoms with E-state index in [0.717, 1.165) is 0 Å². The number of fused-ring (bicyclic) bond motifs is 3. The molecule has 0 fully saturated rings. The number of halogens is 1. The molecule has 0 radical (unpaired) electrons. The van der Waals surface area contributed by atoms with Crippen molar-refractivity contribution < 1.29 is 33.4 Å². The number of hydrogen-bond donors (Lipinski definition) is 0. The van der Waals surface area contributed by atoms with Crippen LogP contribution in [0.25, 0.3) is 16.3 Å². The van der Waals surface area contributed by atoms with E-state index in [4.69, 9.17) is 18.6 Å². The molecule has 0 aliphatic carbocycles. The summed E-state index contributed by atoms with van der Waals surface area (Å²) in [6.07, 6.45) is 3.87. The summed E-state index contributed by atoms with van der Waals surface area (Å²) in [4.78, 5) is 0. The van der Waals surface area contributed by atoms with E-state index in [1.807, 2.05) is 29.0 Å². The maximum absolute atomic E-state index is 8.49. The van der Waals surface area contributed by atoms with Crippen LogP contribution in [0, 0.1) is 10.2 Å². The molecule has 0 aliphatic heterocycles. The fraction of sp³-hybridized carbons (Fsp3) is 0. The molecule has 8 heteroatoms. The highest BCUT2D eigenvalue weighted by molar-refractivity contribution is 7.09. The summed E-state index contributed by atoms with van der Waals surface area (Å²) in [5, 5.41) is 11.1. The predicted octanol–water partition coefficient (Wildman–Crippen LogP) is -2.72. The van der Waals surface area contributed by atoms with Gasteiger partial charge in [0.05, 0.1) is 5.39 Å². The van der Waals surface area contributed by atoms with E-state index in [1.165, 1.54) is 16.3 Å². The molecule has 0 N–H and O–H groups in total. The van der Waals surface area contributed by atoms with Crippen molar-refractivity contribution in [2.45, 2.75) is 0 Å². The van der Waals surface area contributed by atoms with Crippen LogP contribution in [-0.2, 0) is 0 Å². The first kappa shape index (κ1) is 13.1. The van der Waals surface area contributed by atoms with E-state index in [9.17, 15) is 0 Å². The van der Waals surface area contributed by atoms with Gasteiger partial charge in [0.25, 0.3) is 0 Å². The summed E-state index contributed by atoms with van der Waals surface area (Å²) in [5.41, 5.74) is 1.17. The Bertz CT molecular complexity index is 661. The summed E-state index contributed by atoms with van der Waals surface area (Å²) in [5.74, 6) is 0. The average Bonchev–Trinajstić information content (AvgIpc) is 2.75. The van der Waals surface area contributed by atoms with E-state index >= 15 is 0 Å². The molecule has 0 aliphatic rings. The van der Waals surface area contributed by atoms with E-state index in [1.54, 1.807) is 11.3 Å². The smallest absolute Gasteiger partial charge is 0.222 e. The number of thiophene rings is 1. The molecular formula is C10H7ClN2O4S. The first-order valence-electron chi connectivity index (χ1n) is 4.68. The number of aromatic nitrogens is 2. The molecule has 3 aromatic rings. The van der Waals surface area contributed by atoms with Gasteiger partial charge in [-0.25, -0.2) is 18.6 Å². The third kappa shape index (κ3) is 3.33. The number of nitrogens with zero attached hydrogens (tertiary/aromatic N) is 2. The van der Waals surface area contributed by atoms with Gasteiger partial charge in [0, 0.05) is 28.3 Å². The summed E-state index contributed by atoms with van der Waals surface area (Å²) in [6.45, 7) is 0. The van der Waals surface area contributed by atoms with Gasteiger partial charge in [-0.2, -0.15) is 11.3 Å². The molecular weight excluding hydrogens is 280 g/mol. The molecule has 3 heterocycles. The molecule has 0 aromatic carbocycles. The van der Waals surface area contributed by atoms with Crippen LogP contribution in [0.1, 0.15) is 0 Å². The number of pyridine rings is 1. The van der Waals surface area contributed by atoms with Crippen LogP contribution in [0.3, 0.4) is 0 Å². The van der Waals surface area contributed by atoms with Crippen LogP contribution >= 0.6 is 11.3 Å². The van der Waals surface area contributed by atoms with Crippen molar-refractivity contribution in [3.63, 3.8) is 0 Å². The van der Waals surface area contributed by atoms with Crippen molar-refractivity contribution >= 4 is 27.6 Å². The SMILES string of the molecule is [O-][Cl+3]([O-])([O-])[O-].c1cc[n+]2ncc3cscc3c2c1. The Kier molecular flexibility index (Phi) is 3.71. The standard InChI is InChI=1S/C10H7N2S.ClHO4/c1-2-4-12-10(3-1)9-7-13-6-8(9)5-11-12;2-1(3,4)5/h1-7H;(H,2,3,4,5)/q+1;/p-1. The highest BCUT2D eigenvalue weighted by Gasteiger charge is 2.07. The molecule has 0 amide bonds. The van der Waals surface area contributed by atoms with Crippen LogP contribution in [-0.4, -0.2) is 5.10 Å². The second-order valence-corrected chi connectivity index (χ2v) is 4.79. The lowest BCUT2D eigenvalue weighted by Gasteiger charge is -2.17. The second-order valence-electron chi connectivity index (χ2n) is 3.29. The Hall–Kier alpha value is -1.35. The van der Waals surface area contributed by atoms with Crippen LogP contribution in [0.2, 0.25) is 0 Å². The Morgan fingerprint density at radius 3 is 2.56 bits per heavy atom.